The average molecular weight is 186 g/mol. The van der Waals surface area contributed by atoms with E-state index in [4.69, 9.17) is 9.84 Å². The molecule has 1 aliphatic rings. The largest absolute Gasteiger partial charge is 0.396 e. The topological polar surface area (TPSA) is 29.5 Å². The second-order valence-electron chi connectivity index (χ2n) is 4.40. The van der Waals surface area contributed by atoms with Gasteiger partial charge in [0.2, 0.25) is 0 Å². The van der Waals surface area contributed by atoms with Gasteiger partial charge in [0, 0.05) is 19.8 Å². The molecule has 0 aromatic rings. The van der Waals surface area contributed by atoms with E-state index in [-0.39, 0.29) is 0 Å². The van der Waals surface area contributed by atoms with Crippen molar-refractivity contribution in [2.24, 2.45) is 17.8 Å². The maximum atomic E-state index is 8.81. The number of hydrogen-bond donors (Lipinski definition) is 1. The van der Waals surface area contributed by atoms with Crippen LogP contribution >= 0.6 is 0 Å². The summed E-state index contributed by atoms with van der Waals surface area (Å²) in [6.45, 7) is 6.76. The molecule has 0 aliphatic carbocycles. The average Bonchev–Trinajstić information content (AvgIpc) is 2.57. The molecule has 1 saturated heterocycles. The molecule has 78 valence electrons. The van der Waals surface area contributed by atoms with Crippen LogP contribution in [0.3, 0.4) is 0 Å². The van der Waals surface area contributed by atoms with Gasteiger partial charge in [0.1, 0.15) is 0 Å². The molecule has 1 heterocycles. The Balaban J connectivity index is 2.36. The van der Waals surface area contributed by atoms with Gasteiger partial charge in [-0.05, 0) is 37.0 Å². The number of hydrogen-bond acceptors (Lipinski definition) is 2. The van der Waals surface area contributed by atoms with Gasteiger partial charge in [0.25, 0.3) is 0 Å². The summed E-state index contributed by atoms with van der Waals surface area (Å²) in [6.07, 6.45) is 3.32. The van der Waals surface area contributed by atoms with Crippen molar-refractivity contribution in [1.82, 2.24) is 0 Å². The fourth-order valence-electron chi connectivity index (χ4n) is 2.33. The van der Waals surface area contributed by atoms with E-state index in [1.54, 1.807) is 0 Å². The lowest BCUT2D eigenvalue weighted by Crippen LogP contribution is -2.20. The van der Waals surface area contributed by atoms with Crippen LogP contribution < -0.4 is 0 Å². The van der Waals surface area contributed by atoms with Gasteiger partial charge in [-0.1, -0.05) is 13.8 Å². The zero-order chi connectivity index (χ0) is 9.68. The highest BCUT2D eigenvalue weighted by Gasteiger charge is 2.27. The summed E-state index contributed by atoms with van der Waals surface area (Å²) in [6, 6.07) is 0. The van der Waals surface area contributed by atoms with Crippen molar-refractivity contribution in [1.29, 1.82) is 0 Å². The molecule has 1 fully saturated rings. The van der Waals surface area contributed by atoms with Crippen LogP contribution in [0.2, 0.25) is 0 Å². The molecule has 0 radical (unpaired) electrons. The molecule has 0 aromatic heterocycles. The molecule has 2 heteroatoms. The summed E-state index contributed by atoms with van der Waals surface area (Å²) in [7, 11) is 0. The predicted octanol–water partition coefficient (Wildman–Crippen LogP) is 2.07. The zero-order valence-corrected chi connectivity index (χ0v) is 8.83. The first-order valence-corrected chi connectivity index (χ1v) is 5.44. The maximum Gasteiger partial charge on any atom is 0.0497 e. The first kappa shape index (κ1) is 11.0. The van der Waals surface area contributed by atoms with Crippen LogP contribution in [0, 0.1) is 17.8 Å². The summed E-state index contributed by atoms with van der Waals surface area (Å²) in [5, 5.41) is 8.81. The van der Waals surface area contributed by atoms with Crippen molar-refractivity contribution < 1.29 is 9.84 Å². The minimum atomic E-state index is 0.330. The highest BCUT2D eigenvalue weighted by atomic mass is 16.5. The Bertz CT molecular complexity index is 128. The summed E-state index contributed by atoms with van der Waals surface area (Å²) in [4.78, 5) is 0. The molecule has 2 nitrogen and oxygen atoms in total. The van der Waals surface area contributed by atoms with Gasteiger partial charge in [-0.2, -0.15) is 0 Å². The Hall–Kier alpha value is -0.0800. The summed E-state index contributed by atoms with van der Waals surface area (Å²) in [5.74, 6) is 2.21. The molecule has 0 amide bonds. The van der Waals surface area contributed by atoms with Crippen LogP contribution in [0.25, 0.3) is 0 Å². The van der Waals surface area contributed by atoms with Crippen LogP contribution in [0.15, 0.2) is 0 Å². The minimum Gasteiger partial charge on any atom is -0.396 e. The third kappa shape index (κ3) is 3.28. The standard InChI is InChI=1S/C11H22O2/c1-9(2)11(4-3-6-12)10-5-7-13-8-10/h9-12H,3-8H2,1-2H3. The molecule has 2 atom stereocenters. The maximum absolute atomic E-state index is 8.81. The highest BCUT2D eigenvalue weighted by molar-refractivity contribution is 4.76. The number of rotatable bonds is 5. The molecule has 13 heavy (non-hydrogen) atoms. The van der Waals surface area contributed by atoms with E-state index >= 15 is 0 Å². The summed E-state index contributed by atoms with van der Waals surface area (Å²) >= 11 is 0. The smallest absolute Gasteiger partial charge is 0.0497 e. The number of ether oxygens (including phenoxy) is 1. The van der Waals surface area contributed by atoms with Crippen LogP contribution in [0.4, 0.5) is 0 Å². The molecule has 0 aromatic carbocycles. The zero-order valence-electron chi connectivity index (χ0n) is 8.83. The van der Waals surface area contributed by atoms with E-state index < -0.39 is 0 Å². The third-order valence-corrected chi connectivity index (χ3v) is 3.12. The molecular weight excluding hydrogens is 164 g/mol. The third-order valence-electron chi connectivity index (χ3n) is 3.12. The Kier molecular flexibility index (Phi) is 4.74. The highest BCUT2D eigenvalue weighted by Crippen LogP contribution is 2.31. The SMILES string of the molecule is CC(C)C(CCCO)C1CCOC1. The number of aliphatic hydroxyl groups is 1. The fraction of sp³-hybridized carbons (Fsp3) is 1.00. The van der Waals surface area contributed by atoms with E-state index in [1.165, 1.54) is 6.42 Å². The lowest BCUT2D eigenvalue weighted by Gasteiger charge is -2.25. The van der Waals surface area contributed by atoms with Gasteiger partial charge in [0.05, 0.1) is 0 Å². The van der Waals surface area contributed by atoms with Gasteiger partial charge < -0.3 is 9.84 Å². The van der Waals surface area contributed by atoms with Crippen molar-refractivity contribution in [2.75, 3.05) is 19.8 Å². The molecule has 0 bridgehead atoms. The van der Waals surface area contributed by atoms with Crippen molar-refractivity contribution in [2.45, 2.75) is 33.1 Å². The van der Waals surface area contributed by atoms with Gasteiger partial charge in [-0.15, -0.1) is 0 Å². The van der Waals surface area contributed by atoms with E-state index in [0.29, 0.717) is 6.61 Å². The van der Waals surface area contributed by atoms with Gasteiger partial charge >= 0.3 is 0 Å². The quantitative estimate of drug-likeness (QED) is 0.712. The fourth-order valence-corrected chi connectivity index (χ4v) is 2.33. The van der Waals surface area contributed by atoms with Gasteiger partial charge in [0.15, 0.2) is 0 Å². The van der Waals surface area contributed by atoms with Crippen LogP contribution in [0.1, 0.15) is 33.1 Å². The van der Waals surface area contributed by atoms with Crippen molar-refractivity contribution in [3.05, 3.63) is 0 Å². The Morgan fingerprint density at radius 1 is 1.46 bits per heavy atom. The molecular formula is C11H22O2. The van der Waals surface area contributed by atoms with Crippen LogP contribution in [-0.4, -0.2) is 24.9 Å². The molecule has 1 N–H and O–H groups in total. The lowest BCUT2D eigenvalue weighted by atomic mass is 9.80. The first-order chi connectivity index (χ1) is 6.25. The van der Waals surface area contributed by atoms with Crippen LogP contribution in [0.5, 0.6) is 0 Å². The Morgan fingerprint density at radius 2 is 2.23 bits per heavy atom. The van der Waals surface area contributed by atoms with Gasteiger partial charge in [-0.25, -0.2) is 0 Å². The monoisotopic (exact) mass is 186 g/mol. The molecule has 0 spiro atoms. The van der Waals surface area contributed by atoms with E-state index in [0.717, 1.165) is 43.8 Å². The van der Waals surface area contributed by atoms with Crippen molar-refractivity contribution in [3.63, 3.8) is 0 Å². The lowest BCUT2D eigenvalue weighted by molar-refractivity contribution is 0.149. The molecule has 1 rings (SSSR count). The minimum absolute atomic E-state index is 0.330. The van der Waals surface area contributed by atoms with Crippen molar-refractivity contribution in [3.8, 4) is 0 Å². The Labute approximate surface area is 81.3 Å². The van der Waals surface area contributed by atoms with E-state index in [9.17, 15) is 0 Å². The van der Waals surface area contributed by atoms with Crippen molar-refractivity contribution >= 4 is 0 Å². The van der Waals surface area contributed by atoms with Crippen LogP contribution in [-0.2, 0) is 4.74 Å². The van der Waals surface area contributed by atoms with Gasteiger partial charge in [-0.3, -0.25) is 0 Å². The second kappa shape index (κ2) is 5.61. The first-order valence-electron chi connectivity index (χ1n) is 5.44. The van der Waals surface area contributed by atoms with E-state index in [1.807, 2.05) is 0 Å². The summed E-state index contributed by atoms with van der Waals surface area (Å²) in [5.41, 5.74) is 0. The normalized spacial score (nSPS) is 25.4. The Morgan fingerprint density at radius 3 is 2.69 bits per heavy atom. The molecule has 0 saturated carbocycles. The summed E-state index contributed by atoms with van der Waals surface area (Å²) < 4.78 is 5.41. The number of aliphatic hydroxyl groups excluding tert-OH is 1. The predicted molar refractivity (Wildman–Crippen MR) is 53.6 cm³/mol. The van der Waals surface area contributed by atoms with E-state index in [2.05, 4.69) is 13.8 Å². The molecule has 1 aliphatic heterocycles. The second-order valence-corrected chi connectivity index (χ2v) is 4.40. The molecule has 2 unspecified atom stereocenters.